The third-order valence-corrected chi connectivity index (χ3v) is 4.52. The van der Waals surface area contributed by atoms with Crippen molar-refractivity contribution in [3.05, 3.63) is 64.1 Å². The molecule has 0 unspecified atom stereocenters. The van der Waals surface area contributed by atoms with Gasteiger partial charge in [-0.1, -0.05) is 30.3 Å². The molecule has 1 aromatic heterocycles. The largest absolute Gasteiger partial charge is 0.478 e. The molecule has 0 atom stereocenters. The molecule has 0 radical (unpaired) electrons. The molecule has 1 heterocycles. The summed E-state index contributed by atoms with van der Waals surface area (Å²) in [5, 5.41) is 11.4. The Morgan fingerprint density at radius 3 is 2.46 bits per heavy atom. The quantitative estimate of drug-likeness (QED) is 0.699. The molecule has 6 nitrogen and oxygen atoms in total. The van der Waals surface area contributed by atoms with Gasteiger partial charge in [-0.05, 0) is 18.1 Å². The van der Waals surface area contributed by atoms with Gasteiger partial charge in [-0.3, -0.25) is 9.59 Å². The molecule has 2 amide bonds. The Kier molecular flexibility index (Phi) is 5.49. The molecule has 0 saturated carbocycles. The van der Waals surface area contributed by atoms with Crippen molar-refractivity contribution in [1.82, 2.24) is 0 Å². The minimum absolute atomic E-state index is 0.253. The van der Waals surface area contributed by atoms with Crippen molar-refractivity contribution in [1.29, 1.82) is 0 Å². The highest BCUT2D eigenvalue weighted by Gasteiger charge is 2.20. The van der Waals surface area contributed by atoms with Crippen molar-refractivity contribution in [2.45, 2.75) is 13.3 Å². The molecule has 0 aliphatic rings. The Balaban J connectivity index is 2.30. The molecule has 1 aromatic carbocycles. The number of nitrogens with one attached hydrogen (secondary N) is 1. The van der Waals surface area contributed by atoms with E-state index in [0.717, 1.165) is 22.6 Å². The van der Waals surface area contributed by atoms with Gasteiger partial charge in [-0.25, -0.2) is 4.79 Å². The third kappa shape index (κ3) is 4.30. The number of rotatable bonds is 6. The first-order valence-corrected chi connectivity index (χ1v) is 7.88. The van der Waals surface area contributed by atoms with Crippen molar-refractivity contribution in [3.63, 3.8) is 0 Å². The van der Waals surface area contributed by atoms with E-state index in [0.29, 0.717) is 17.0 Å². The Morgan fingerprint density at radius 2 is 1.88 bits per heavy atom. The molecule has 0 spiro atoms. The van der Waals surface area contributed by atoms with Gasteiger partial charge >= 0.3 is 5.97 Å². The lowest BCUT2D eigenvalue weighted by atomic mass is 10.1. The lowest BCUT2D eigenvalue weighted by Crippen LogP contribution is -2.16. The molecule has 4 N–H and O–H groups in total. The minimum atomic E-state index is -1.23. The summed E-state index contributed by atoms with van der Waals surface area (Å²) in [7, 11) is 0. The van der Waals surface area contributed by atoms with Crippen molar-refractivity contribution < 1.29 is 19.5 Å². The first kappa shape index (κ1) is 17.4. The first-order chi connectivity index (χ1) is 11.4. The van der Waals surface area contributed by atoms with Gasteiger partial charge in [0.15, 0.2) is 0 Å². The fourth-order valence-corrected chi connectivity index (χ4v) is 3.44. The van der Waals surface area contributed by atoms with E-state index in [1.54, 1.807) is 6.92 Å². The first-order valence-electron chi connectivity index (χ1n) is 7.06. The van der Waals surface area contributed by atoms with E-state index in [-0.39, 0.29) is 5.56 Å². The van der Waals surface area contributed by atoms with Crippen LogP contribution in [0, 0.1) is 6.92 Å². The molecular formula is C17H16N2O4S. The van der Waals surface area contributed by atoms with Gasteiger partial charge in [0.1, 0.15) is 5.00 Å². The maximum atomic E-state index is 11.8. The van der Waals surface area contributed by atoms with E-state index in [9.17, 15) is 14.4 Å². The predicted octanol–water partition coefficient (Wildman–Crippen LogP) is 2.33. The molecule has 2 aromatic rings. The van der Waals surface area contributed by atoms with Crippen LogP contribution in [0.3, 0.4) is 0 Å². The highest BCUT2D eigenvalue weighted by Crippen LogP contribution is 2.34. The second-order valence-corrected chi connectivity index (χ2v) is 6.15. The van der Waals surface area contributed by atoms with Crippen LogP contribution in [0.5, 0.6) is 0 Å². The van der Waals surface area contributed by atoms with Gasteiger partial charge in [0.2, 0.25) is 5.91 Å². The number of carbonyl (C=O) groups is 3. The number of nitrogens with two attached hydrogens (primary N) is 1. The van der Waals surface area contributed by atoms with E-state index in [4.69, 9.17) is 10.8 Å². The molecule has 0 fully saturated rings. The highest BCUT2D eigenvalue weighted by atomic mass is 32.1. The van der Waals surface area contributed by atoms with Crippen LogP contribution in [0.2, 0.25) is 0 Å². The van der Waals surface area contributed by atoms with Crippen LogP contribution in [0.4, 0.5) is 5.00 Å². The van der Waals surface area contributed by atoms with Gasteiger partial charge in [0.25, 0.3) is 5.91 Å². The minimum Gasteiger partial charge on any atom is -0.478 e. The summed E-state index contributed by atoms with van der Waals surface area (Å²) in [6, 6.07) is 9.70. The van der Waals surface area contributed by atoms with Gasteiger partial charge in [0.05, 0.1) is 5.56 Å². The fourth-order valence-electron chi connectivity index (χ4n) is 2.20. The number of thiophene rings is 1. The molecule has 2 rings (SSSR count). The zero-order chi connectivity index (χ0) is 17.7. The summed E-state index contributed by atoms with van der Waals surface area (Å²) in [5.41, 5.74) is 7.46. The van der Waals surface area contributed by atoms with Crippen LogP contribution in [-0.2, 0) is 16.0 Å². The van der Waals surface area contributed by atoms with E-state index < -0.39 is 17.8 Å². The Labute approximate surface area is 142 Å². The predicted molar refractivity (Wildman–Crippen MR) is 92.2 cm³/mol. The maximum absolute atomic E-state index is 11.8. The van der Waals surface area contributed by atoms with Crippen LogP contribution in [0.15, 0.2) is 42.5 Å². The summed E-state index contributed by atoms with van der Waals surface area (Å²) in [6.45, 7) is 1.78. The van der Waals surface area contributed by atoms with Crippen molar-refractivity contribution in [3.8, 4) is 0 Å². The van der Waals surface area contributed by atoms with E-state index in [1.165, 1.54) is 11.3 Å². The number of hydrogen-bond donors (Lipinski definition) is 3. The summed E-state index contributed by atoms with van der Waals surface area (Å²) in [6.07, 6.45) is 2.22. The van der Waals surface area contributed by atoms with Gasteiger partial charge in [0, 0.05) is 23.5 Å². The average molecular weight is 344 g/mol. The molecule has 0 aliphatic carbocycles. The summed E-state index contributed by atoms with van der Waals surface area (Å²) < 4.78 is 0. The summed E-state index contributed by atoms with van der Waals surface area (Å²) in [4.78, 5) is 34.8. The molecular weight excluding hydrogens is 328 g/mol. The van der Waals surface area contributed by atoms with Crippen LogP contribution in [0.25, 0.3) is 0 Å². The number of primary amides is 1. The lowest BCUT2D eigenvalue weighted by Gasteiger charge is -2.02. The van der Waals surface area contributed by atoms with Crippen molar-refractivity contribution in [2.24, 2.45) is 5.73 Å². The number of anilines is 1. The molecule has 0 aliphatic heterocycles. The number of carbonyl (C=O) groups excluding carboxylic acids is 2. The smallest absolute Gasteiger partial charge is 0.328 e. The Hall–Kier alpha value is -2.93. The zero-order valence-corrected chi connectivity index (χ0v) is 13.7. The van der Waals surface area contributed by atoms with Crippen molar-refractivity contribution >= 4 is 34.1 Å². The number of aliphatic carboxylic acids is 1. The van der Waals surface area contributed by atoms with Gasteiger partial charge in [-0.15, -0.1) is 11.3 Å². The highest BCUT2D eigenvalue weighted by molar-refractivity contribution is 7.17. The van der Waals surface area contributed by atoms with Crippen LogP contribution < -0.4 is 11.1 Å². The second kappa shape index (κ2) is 7.56. The summed E-state index contributed by atoms with van der Waals surface area (Å²) in [5.74, 6) is -2.50. The SMILES string of the molecule is Cc1c(Cc2ccccc2)sc(NC(=O)/C=C/C(=O)O)c1C(N)=O. The van der Waals surface area contributed by atoms with Gasteiger partial charge < -0.3 is 16.2 Å². The van der Waals surface area contributed by atoms with E-state index in [1.807, 2.05) is 30.3 Å². The maximum Gasteiger partial charge on any atom is 0.328 e. The molecule has 24 heavy (non-hydrogen) atoms. The fraction of sp³-hybridized carbons (Fsp3) is 0.118. The van der Waals surface area contributed by atoms with Crippen LogP contribution in [0.1, 0.15) is 26.4 Å². The zero-order valence-electron chi connectivity index (χ0n) is 12.9. The lowest BCUT2D eigenvalue weighted by molar-refractivity contribution is -0.131. The van der Waals surface area contributed by atoms with Crippen LogP contribution >= 0.6 is 11.3 Å². The summed E-state index contributed by atoms with van der Waals surface area (Å²) >= 11 is 1.26. The molecule has 124 valence electrons. The number of carboxylic acid groups (broad SMARTS) is 1. The monoisotopic (exact) mass is 344 g/mol. The van der Waals surface area contributed by atoms with E-state index >= 15 is 0 Å². The number of benzene rings is 1. The van der Waals surface area contributed by atoms with Gasteiger partial charge in [-0.2, -0.15) is 0 Å². The number of carboxylic acids is 1. The van der Waals surface area contributed by atoms with Crippen molar-refractivity contribution in [2.75, 3.05) is 5.32 Å². The number of hydrogen-bond acceptors (Lipinski definition) is 4. The molecule has 7 heteroatoms. The van der Waals surface area contributed by atoms with E-state index in [2.05, 4.69) is 5.32 Å². The second-order valence-electron chi connectivity index (χ2n) is 5.04. The standard InChI is InChI=1S/C17H16N2O4S/c1-10-12(9-11-5-3-2-4-6-11)24-17(15(10)16(18)23)19-13(20)7-8-14(21)22/h2-8H,9H2,1H3,(H2,18,23)(H,19,20)(H,21,22)/b8-7+. The number of amides is 2. The Morgan fingerprint density at radius 1 is 1.21 bits per heavy atom. The topological polar surface area (TPSA) is 109 Å². The Bertz CT molecular complexity index is 809. The van der Waals surface area contributed by atoms with Crippen LogP contribution in [-0.4, -0.2) is 22.9 Å². The average Bonchev–Trinajstić information content (AvgIpc) is 2.82. The molecule has 0 bridgehead atoms. The normalized spacial score (nSPS) is 10.7. The third-order valence-electron chi connectivity index (χ3n) is 3.31. The molecule has 0 saturated heterocycles.